The Kier molecular flexibility index (Phi) is 4.15. The molecule has 0 bridgehead atoms. The molecule has 124 valence electrons. The summed E-state index contributed by atoms with van der Waals surface area (Å²) in [4.78, 5) is 31.7. The van der Waals surface area contributed by atoms with Crippen molar-refractivity contribution in [2.75, 3.05) is 11.9 Å². The van der Waals surface area contributed by atoms with Gasteiger partial charge in [-0.05, 0) is 44.5 Å². The number of pyridine rings is 1. The number of ether oxygens (including phenoxy) is 1. The number of anilines is 1. The Balaban J connectivity index is 2.11. The number of amides is 1. The van der Waals surface area contributed by atoms with Gasteiger partial charge in [-0.2, -0.15) is 0 Å². The van der Waals surface area contributed by atoms with Crippen LogP contribution in [0.15, 0.2) is 12.1 Å². The molecule has 1 amide bonds. The van der Waals surface area contributed by atoms with Gasteiger partial charge in [0.15, 0.2) is 0 Å². The van der Waals surface area contributed by atoms with Crippen molar-refractivity contribution in [1.29, 1.82) is 0 Å². The third-order valence-corrected chi connectivity index (χ3v) is 3.88. The number of aromatic nitrogens is 2. The third-order valence-electron chi connectivity index (χ3n) is 3.69. The molecule has 7 heteroatoms. The number of hydrogen-bond donors (Lipinski definition) is 2. The van der Waals surface area contributed by atoms with Crippen LogP contribution >= 0.6 is 11.6 Å². The molecule has 0 aromatic carbocycles. The number of carbonyl (C=O) groups excluding carboxylic acids is 2. The standard InChI is InChI=1S/C17H16ClN3O3/c1-4-24-17(23)10-6-9(3)19-12(10)7-11-15-14(21-16(11)22)8(2)5-13(18)20-15/h5-7,19H,4H2,1-3H3,(H,21,22)/b11-7-. The van der Waals surface area contributed by atoms with Crippen molar-refractivity contribution >= 4 is 40.8 Å². The fourth-order valence-electron chi connectivity index (χ4n) is 2.65. The zero-order valence-electron chi connectivity index (χ0n) is 13.5. The van der Waals surface area contributed by atoms with E-state index in [4.69, 9.17) is 16.3 Å². The lowest BCUT2D eigenvalue weighted by Gasteiger charge is -2.03. The minimum atomic E-state index is -0.442. The second-order valence-corrected chi connectivity index (χ2v) is 5.89. The van der Waals surface area contributed by atoms with Gasteiger partial charge in [-0.1, -0.05) is 11.6 Å². The number of nitrogens with one attached hydrogen (secondary N) is 2. The highest BCUT2D eigenvalue weighted by Gasteiger charge is 2.28. The summed E-state index contributed by atoms with van der Waals surface area (Å²) in [6.45, 7) is 5.69. The molecule has 0 unspecified atom stereocenters. The van der Waals surface area contributed by atoms with Crippen LogP contribution in [0.3, 0.4) is 0 Å². The highest BCUT2D eigenvalue weighted by Crippen LogP contribution is 2.35. The molecule has 6 nitrogen and oxygen atoms in total. The van der Waals surface area contributed by atoms with Crippen molar-refractivity contribution in [3.05, 3.63) is 45.5 Å². The maximum absolute atomic E-state index is 12.3. The first-order valence-corrected chi connectivity index (χ1v) is 7.85. The maximum atomic E-state index is 12.3. The first kappa shape index (κ1) is 16.3. The molecule has 0 saturated heterocycles. The molecule has 2 N–H and O–H groups in total. The summed E-state index contributed by atoms with van der Waals surface area (Å²) in [5.74, 6) is -0.729. The molecule has 1 aliphatic rings. The first-order valence-electron chi connectivity index (χ1n) is 7.48. The van der Waals surface area contributed by atoms with Gasteiger partial charge in [0.1, 0.15) is 10.8 Å². The second-order valence-electron chi connectivity index (χ2n) is 5.50. The van der Waals surface area contributed by atoms with E-state index in [0.717, 1.165) is 11.3 Å². The molecule has 24 heavy (non-hydrogen) atoms. The predicted molar refractivity (Wildman–Crippen MR) is 92.0 cm³/mol. The van der Waals surface area contributed by atoms with Crippen LogP contribution < -0.4 is 5.32 Å². The lowest BCUT2D eigenvalue weighted by molar-refractivity contribution is -0.110. The Labute approximate surface area is 143 Å². The summed E-state index contributed by atoms with van der Waals surface area (Å²) in [7, 11) is 0. The Bertz CT molecular complexity index is 883. The minimum Gasteiger partial charge on any atom is -0.462 e. The van der Waals surface area contributed by atoms with Crippen LogP contribution in [-0.2, 0) is 9.53 Å². The normalized spacial score (nSPS) is 14.7. The van der Waals surface area contributed by atoms with E-state index in [2.05, 4.69) is 15.3 Å². The number of nitrogens with zero attached hydrogens (tertiary/aromatic N) is 1. The van der Waals surface area contributed by atoms with Crippen molar-refractivity contribution in [3.63, 3.8) is 0 Å². The van der Waals surface area contributed by atoms with Gasteiger partial charge < -0.3 is 15.0 Å². The summed E-state index contributed by atoms with van der Waals surface area (Å²) >= 11 is 6.01. The van der Waals surface area contributed by atoms with E-state index < -0.39 is 5.97 Å². The minimum absolute atomic E-state index is 0.277. The van der Waals surface area contributed by atoms with E-state index in [0.29, 0.717) is 33.4 Å². The average Bonchev–Trinajstić information content (AvgIpc) is 3.02. The second kappa shape index (κ2) is 6.13. The highest BCUT2D eigenvalue weighted by molar-refractivity contribution is 6.36. The van der Waals surface area contributed by atoms with Gasteiger partial charge >= 0.3 is 5.97 Å². The van der Waals surface area contributed by atoms with Gasteiger partial charge in [0.2, 0.25) is 0 Å². The number of aryl methyl sites for hydroxylation is 2. The highest BCUT2D eigenvalue weighted by atomic mass is 35.5. The number of carbonyl (C=O) groups is 2. The maximum Gasteiger partial charge on any atom is 0.340 e. The van der Waals surface area contributed by atoms with Crippen LogP contribution in [0, 0.1) is 13.8 Å². The van der Waals surface area contributed by atoms with E-state index in [9.17, 15) is 9.59 Å². The van der Waals surface area contributed by atoms with E-state index in [1.807, 2.05) is 13.8 Å². The first-order chi connectivity index (χ1) is 11.4. The summed E-state index contributed by atoms with van der Waals surface area (Å²) < 4.78 is 5.06. The van der Waals surface area contributed by atoms with Gasteiger partial charge in [0, 0.05) is 5.69 Å². The molecule has 3 heterocycles. The molecule has 0 radical (unpaired) electrons. The molecular weight excluding hydrogens is 330 g/mol. The smallest absolute Gasteiger partial charge is 0.340 e. The van der Waals surface area contributed by atoms with Crippen molar-refractivity contribution in [3.8, 4) is 0 Å². The number of esters is 1. The quantitative estimate of drug-likeness (QED) is 0.507. The number of halogens is 1. The van der Waals surface area contributed by atoms with Crippen molar-refractivity contribution in [2.24, 2.45) is 0 Å². The zero-order valence-corrected chi connectivity index (χ0v) is 14.2. The average molecular weight is 346 g/mol. The number of aromatic amines is 1. The molecule has 0 fully saturated rings. The molecule has 2 aromatic heterocycles. The molecule has 0 atom stereocenters. The van der Waals surface area contributed by atoms with Crippen molar-refractivity contribution in [2.45, 2.75) is 20.8 Å². The van der Waals surface area contributed by atoms with Crippen LogP contribution in [0.2, 0.25) is 5.15 Å². The van der Waals surface area contributed by atoms with Crippen LogP contribution in [0.5, 0.6) is 0 Å². The summed E-state index contributed by atoms with van der Waals surface area (Å²) in [5.41, 5.74) is 3.96. The summed E-state index contributed by atoms with van der Waals surface area (Å²) in [5, 5.41) is 3.09. The number of hydrogen-bond acceptors (Lipinski definition) is 4. The Morgan fingerprint density at radius 3 is 2.83 bits per heavy atom. The van der Waals surface area contributed by atoms with Crippen molar-refractivity contribution < 1.29 is 14.3 Å². The van der Waals surface area contributed by atoms with Gasteiger partial charge in [-0.25, -0.2) is 9.78 Å². The fraction of sp³-hybridized carbons (Fsp3) is 0.235. The lowest BCUT2D eigenvalue weighted by Crippen LogP contribution is -2.06. The van der Waals surface area contributed by atoms with Gasteiger partial charge in [0.05, 0.1) is 29.1 Å². The lowest BCUT2D eigenvalue weighted by atomic mass is 10.1. The molecule has 3 rings (SSSR count). The molecular formula is C17H16ClN3O3. The van der Waals surface area contributed by atoms with Crippen LogP contribution in [0.4, 0.5) is 5.69 Å². The predicted octanol–water partition coefficient (Wildman–Crippen LogP) is 3.35. The number of fused-ring (bicyclic) bond motifs is 1. The third kappa shape index (κ3) is 2.80. The molecule has 2 aromatic rings. The van der Waals surface area contributed by atoms with Crippen molar-refractivity contribution in [1.82, 2.24) is 9.97 Å². The van der Waals surface area contributed by atoms with E-state index in [1.54, 1.807) is 25.1 Å². The van der Waals surface area contributed by atoms with E-state index in [1.165, 1.54) is 0 Å². The topological polar surface area (TPSA) is 84.1 Å². The molecule has 1 aliphatic heterocycles. The van der Waals surface area contributed by atoms with E-state index in [-0.39, 0.29) is 12.5 Å². The largest absolute Gasteiger partial charge is 0.462 e. The Hall–Kier alpha value is -2.60. The molecule has 0 aliphatic carbocycles. The fourth-order valence-corrected chi connectivity index (χ4v) is 2.90. The van der Waals surface area contributed by atoms with Gasteiger partial charge in [-0.15, -0.1) is 0 Å². The monoisotopic (exact) mass is 345 g/mol. The van der Waals surface area contributed by atoms with Crippen LogP contribution in [0.25, 0.3) is 11.6 Å². The van der Waals surface area contributed by atoms with Gasteiger partial charge in [-0.3, -0.25) is 4.79 Å². The summed E-state index contributed by atoms with van der Waals surface area (Å²) in [6.07, 6.45) is 1.60. The van der Waals surface area contributed by atoms with Crippen LogP contribution in [0.1, 0.15) is 39.9 Å². The molecule has 0 spiro atoms. The number of H-pyrrole nitrogens is 1. The Morgan fingerprint density at radius 2 is 2.12 bits per heavy atom. The number of rotatable bonds is 3. The van der Waals surface area contributed by atoms with E-state index >= 15 is 0 Å². The Morgan fingerprint density at radius 1 is 1.38 bits per heavy atom. The summed E-state index contributed by atoms with van der Waals surface area (Å²) in [6, 6.07) is 3.38. The SMILES string of the molecule is CCOC(=O)c1cc(C)[nH]c1/C=C1\C(=O)Nc2c(C)cc(Cl)nc21. The van der Waals surface area contributed by atoms with Gasteiger partial charge in [0.25, 0.3) is 5.91 Å². The zero-order chi connectivity index (χ0) is 17.4. The van der Waals surface area contributed by atoms with Crippen LogP contribution in [-0.4, -0.2) is 28.5 Å². The molecule has 0 saturated carbocycles.